The zero-order valence-corrected chi connectivity index (χ0v) is 18.4. The molecule has 0 aliphatic heterocycles. The van der Waals surface area contributed by atoms with Crippen LogP contribution in [-0.4, -0.2) is 37.7 Å². The van der Waals surface area contributed by atoms with Gasteiger partial charge in [0.1, 0.15) is 19.2 Å². The van der Waals surface area contributed by atoms with Crippen LogP contribution < -0.4 is 10.6 Å². The van der Waals surface area contributed by atoms with Gasteiger partial charge in [-0.3, -0.25) is 4.79 Å². The maximum Gasteiger partial charge on any atom is 0.407 e. The number of alkyl carbamates (subject to hydrolysis) is 1. The van der Waals surface area contributed by atoms with Crippen molar-refractivity contribution in [2.75, 3.05) is 13.7 Å². The number of ether oxygens (including phenoxy) is 2. The molecule has 0 aliphatic carbocycles. The molecule has 0 unspecified atom stereocenters. The first-order chi connectivity index (χ1) is 14.7. The van der Waals surface area contributed by atoms with Gasteiger partial charge >= 0.3 is 12.1 Å². The monoisotopic (exact) mass is 426 g/mol. The van der Waals surface area contributed by atoms with Crippen LogP contribution >= 0.6 is 0 Å². The number of esters is 1. The minimum Gasteiger partial charge on any atom is -0.467 e. The number of amides is 2. The molecule has 2 aromatic carbocycles. The summed E-state index contributed by atoms with van der Waals surface area (Å²) in [4.78, 5) is 36.2. The molecule has 2 aromatic rings. The first-order valence-corrected chi connectivity index (χ1v) is 10.1. The standard InChI is InChI=1S/C24H30N2O5/c1-24(2,3)19-12-10-17(11-13-19)14-20(22(28)30-4)26-21(27)15-25-23(29)31-16-18-8-6-5-7-9-18/h5-13,20H,14-16H2,1-4H3,(H,25,29)(H,26,27)/t20-/m0/s1. The van der Waals surface area contributed by atoms with Crippen molar-refractivity contribution in [3.63, 3.8) is 0 Å². The van der Waals surface area contributed by atoms with Crippen molar-refractivity contribution in [3.05, 3.63) is 71.3 Å². The number of carbonyl (C=O) groups is 3. The summed E-state index contributed by atoms with van der Waals surface area (Å²) in [6, 6.07) is 16.2. The van der Waals surface area contributed by atoms with Gasteiger partial charge < -0.3 is 20.1 Å². The highest BCUT2D eigenvalue weighted by atomic mass is 16.5. The van der Waals surface area contributed by atoms with Crippen molar-refractivity contribution in [2.45, 2.75) is 45.3 Å². The van der Waals surface area contributed by atoms with Crippen LogP contribution in [0.5, 0.6) is 0 Å². The molecule has 7 heteroatoms. The molecule has 0 fully saturated rings. The van der Waals surface area contributed by atoms with E-state index in [9.17, 15) is 14.4 Å². The largest absolute Gasteiger partial charge is 0.467 e. The van der Waals surface area contributed by atoms with E-state index in [2.05, 4.69) is 31.4 Å². The van der Waals surface area contributed by atoms with Crippen molar-refractivity contribution in [1.82, 2.24) is 10.6 Å². The molecule has 0 aliphatic rings. The van der Waals surface area contributed by atoms with Crippen molar-refractivity contribution < 1.29 is 23.9 Å². The van der Waals surface area contributed by atoms with Crippen LogP contribution in [0, 0.1) is 0 Å². The number of hydrogen-bond acceptors (Lipinski definition) is 5. The molecule has 1 atom stereocenters. The second kappa shape index (κ2) is 11.2. The van der Waals surface area contributed by atoms with E-state index in [0.29, 0.717) is 0 Å². The first kappa shape index (κ1) is 23.9. The lowest BCUT2D eigenvalue weighted by Crippen LogP contribution is -2.47. The third-order valence-electron chi connectivity index (χ3n) is 4.69. The number of rotatable bonds is 8. The zero-order valence-electron chi connectivity index (χ0n) is 18.4. The molecular formula is C24H30N2O5. The molecule has 0 saturated carbocycles. The van der Waals surface area contributed by atoms with Crippen LogP contribution in [0.2, 0.25) is 0 Å². The van der Waals surface area contributed by atoms with Crippen LogP contribution in [0.3, 0.4) is 0 Å². The van der Waals surface area contributed by atoms with E-state index >= 15 is 0 Å². The summed E-state index contributed by atoms with van der Waals surface area (Å²) in [5.41, 5.74) is 2.92. The van der Waals surface area contributed by atoms with Gasteiger partial charge in [-0.25, -0.2) is 9.59 Å². The minimum atomic E-state index is -0.861. The Morgan fingerprint density at radius 1 is 0.935 bits per heavy atom. The van der Waals surface area contributed by atoms with Gasteiger partial charge in [0.2, 0.25) is 5.91 Å². The Hall–Kier alpha value is -3.35. The van der Waals surface area contributed by atoms with E-state index in [4.69, 9.17) is 9.47 Å². The van der Waals surface area contributed by atoms with E-state index in [-0.39, 0.29) is 25.0 Å². The molecule has 0 bridgehead atoms. The highest BCUT2D eigenvalue weighted by Crippen LogP contribution is 2.22. The lowest BCUT2D eigenvalue weighted by atomic mass is 9.86. The van der Waals surface area contributed by atoms with Crippen LogP contribution in [0.1, 0.15) is 37.5 Å². The summed E-state index contributed by atoms with van der Waals surface area (Å²) in [6.07, 6.45) is -0.437. The van der Waals surface area contributed by atoms with E-state index < -0.39 is 24.0 Å². The predicted octanol–water partition coefficient (Wildman–Crippen LogP) is 3.11. The van der Waals surface area contributed by atoms with Gasteiger partial charge in [-0.15, -0.1) is 0 Å². The average Bonchev–Trinajstić information content (AvgIpc) is 2.75. The Kier molecular flexibility index (Phi) is 8.61. The Morgan fingerprint density at radius 3 is 2.16 bits per heavy atom. The fraction of sp³-hybridized carbons (Fsp3) is 0.375. The van der Waals surface area contributed by atoms with E-state index in [1.54, 1.807) is 0 Å². The van der Waals surface area contributed by atoms with Gasteiger partial charge in [-0.2, -0.15) is 0 Å². The summed E-state index contributed by atoms with van der Waals surface area (Å²) in [5.74, 6) is -1.07. The van der Waals surface area contributed by atoms with E-state index in [1.807, 2.05) is 54.6 Å². The number of methoxy groups -OCH3 is 1. The quantitative estimate of drug-likeness (QED) is 0.633. The summed E-state index contributed by atoms with van der Waals surface area (Å²) < 4.78 is 9.88. The van der Waals surface area contributed by atoms with Crippen molar-refractivity contribution >= 4 is 18.0 Å². The van der Waals surface area contributed by atoms with Crippen LogP contribution in [-0.2, 0) is 37.5 Å². The second-order valence-electron chi connectivity index (χ2n) is 8.21. The van der Waals surface area contributed by atoms with Gasteiger partial charge in [0.25, 0.3) is 0 Å². The number of nitrogens with one attached hydrogen (secondary N) is 2. The SMILES string of the molecule is COC(=O)[C@H](Cc1ccc(C(C)(C)C)cc1)NC(=O)CNC(=O)OCc1ccccc1. The molecule has 166 valence electrons. The molecule has 2 amide bonds. The fourth-order valence-corrected chi connectivity index (χ4v) is 2.88. The summed E-state index contributed by atoms with van der Waals surface area (Å²) in [6.45, 7) is 6.15. The van der Waals surface area contributed by atoms with Crippen molar-refractivity contribution in [2.24, 2.45) is 0 Å². The van der Waals surface area contributed by atoms with Gasteiger partial charge in [0.15, 0.2) is 0 Å². The molecule has 2 N–H and O–H groups in total. The number of hydrogen-bond donors (Lipinski definition) is 2. The summed E-state index contributed by atoms with van der Waals surface area (Å²) in [5, 5.41) is 4.98. The molecule has 0 aromatic heterocycles. The summed E-state index contributed by atoms with van der Waals surface area (Å²) in [7, 11) is 1.27. The van der Waals surface area contributed by atoms with Gasteiger partial charge in [-0.05, 0) is 22.1 Å². The maximum atomic E-state index is 12.2. The van der Waals surface area contributed by atoms with Gasteiger partial charge in [0.05, 0.1) is 7.11 Å². The second-order valence-corrected chi connectivity index (χ2v) is 8.21. The van der Waals surface area contributed by atoms with Crippen LogP contribution in [0.4, 0.5) is 4.79 Å². The van der Waals surface area contributed by atoms with E-state index in [1.165, 1.54) is 12.7 Å². The molecule has 0 saturated heterocycles. The molecule has 0 radical (unpaired) electrons. The van der Waals surface area contributed by atoms with Crippen molar-refractivity contribution in [1.29, 1.82) is 0 Å². The third-order valence-corrected chi connectivity index (χ3v) is 4.69. The Bertz CT molecular complexity index is 873. The molecule has 31 heavy (non-hydrogen) atoms. The predicted molar refractivity (Wildman–Crippen MR) is 117 cm³/mol. The molecule has 0 spiro atoms. The maximum absolute atomic E-state index is 12.2. The van der Waals surface area contributed by atoms with Crippen LogP contribution in [0.25, 0.3) is 0 Å². The lowest BCUT2D eigenvalue weighted by molar-refractivity contribution is -0.144. The third kappa shape index (κ3) is 8.12. The fourth-order valence-electron chi connectivity index (χ4n) is 2.88. The zero-order chi connectivity index (χ0) is 22.9. The van der Waals surface area contributed by atoms with Gasteiger partial charge in [0, 0.05) is 6.42 Å². The van der Waals surface area contributed by atoms with E-state index in [0.717, 1.165) is 11.1 Å². The van der Waals surface area contributed by atoms with Crippen LogP contribution in [0.15, 0.2) is 54.6 Å². The average molecular weight is 427 g/mol. The Balaban J connectivity index is 1.86. The minimum absolute atomic E-state index is 0.0231. The smallest absolute Gasteiger partial charge is 0.407 e. The molecular weight excluding hydrogens is 396 g/mol. The normalized spacial score (nSPS) is 11.9. The van der Waals surface area contributed by atoms with Gasteiger partial charge in [-0.1, -0.05) is 75.4 Å². The first-order valence-electron chi connectivity index (χ1n) is 10.1. The number of carbonyl (C=O) groups excluding carboxylic acids is 3. The topological polar surface area (TPSA) is 93.7 Å². The highest BCUT2D eigenvalue weighted by molar-refractivity contribution is 5.87. The molecule has 7 nitrogen and oxygen atoms in total. The lowest BCUT2D eigenvalue weighted by Gasteiger charge is -2.20. The number of benzene rings is 2. The highest BCUT2D eigenvalue weighted by Gasteiger charge is 2.23. The Labute approximate surface area is 183 Å². The Morgan fingerprint density at radius 2 is 1.58 bits per heavy atom. The van der Waals surface area contributed by atoms with Crippen molar-refractivity contribution in [3.8, 4) is 0 Å². The molecule has 2 rings (SSSR count). The summed E-state index contributed by atoms with van der Waals surface area (Å²) >= 11 is 0. The molecule has 0 heterocycles.